The molecule has 0 aromatic rings. The molecule has 0 aromatic heterocycles. The molecular formula is C10H18N2O2S. The maximum atomic E-state index is 11.3. The summed E-state index contributed by atoms with van der Waals surface area (Å²) in [5.41, 5.74) is 5.54. The zero-order valence-corrected chi connectivity index (χ0v) is 9.97. The Morgan fingerprint density at radius 3 is 2.60 bits per heavy atom. The van der Waals surface area contributed by atoms with Gasteiger partial charge in [0.2, 0.25) is 0 Å². The molecule has 1 unspecified atom stereocenters. The molecule has 0 saturated heterocycles. The van der Waals surface area contributed by atoms with E-state index in [1.807, 2.05) is 13.8 Å². The Morgan fingerprint density at radius 2 is 2.20 bits per heavy atom. The van der Waals surface area contributed by atoms with Gasteiger partial charge in [0.15, 0.2) is 0 Å². The Bertz CT molecular complexity index is 252. The van der Waals surface area contributed by atoms with Gasteiger partial charge in [0.25, 0.3) is 0 Å². The zero-order chi connectivity index (χ0) is 11.4. The van der Waals surface area contributed by atoms with Crippen LogP contribution in [0, 0.1) is 11.8 Å². The van der Waals surface area contributed by atoms with E-state index in [9.17, 15) is 4.79 Å². The van der Waals surface area contributed by atoms with Crippen molar-refractivity contribution in [3.63, 3.8) is 0 Å². The second kappa shape index (κ2) is 5.30. The summed E-state index contributed by atoms with van der Waals surface area (Å²) >= 11 is 4.89. The van der Waals surface area contributed by atoms with Crippen LogP contribution in [0.3, 0.4) is 0 Å². The highest BCUT2D eigenvalue weighted by molar-refractivity contribution is 7.80. The lowest BCUT2D eigenvalue weighted by atomic mass is 10.2. The Hall–Kier alpha value is -0.840. The largest absolute Gasteiger partial charge is 0.449 e. The van der Waals surface area contributed by atoms with Crippen molar-refractivity contribution in [2.45, 2.75) is 32.7 Å². The van der Waals surface area contributed by atoms with Crippen LogP contribution in [0.15, 0.2) is 0 Å². The van der Waals surface area contributed by atoms with Crippen LogP contribution < -0.4 is 11.1 Å². The molecule has 5 heteroatoms. The van der Waals surface area contributed by atoms with Gasteiger partial charge in [-0.1, -0.05) is 26.1 Å². The fraction of sp³-hybridized carbons (Fsp3) is 0.800. The zero-order valence-electron chi connectivity index (χ0n) is 9.16. The van der Waals surface area contributed by atoms with Crippen LogP contribution >= 0.6 is 12.2 Å². The van der Waals surface area contributed by atoms with E-state index in [0.717, 1.165) is 12.8 Å². The van der Waals surface area contributed by atoms with Crippen LogP contribution in [0.4, 0.5) is 4.79 Å². The molecular weight excluding hydrogens is 212 g/mol. The summed E-state index contributed by atoms with van der Waals surface area (Å²) in [5.74, 6) is 0.744. The predicted molar refractivity (Wildman–Crippen MR) is 62.6 cm³/mol. The molecule has 1 saturated carbocycles. The summed E-state index contributed by atoms with van der Waals surface area (Å²) < 4.78 is 5.00. The monoisotopic (exact) mass is 230 g/mol. The first-order valence-electron chi connectivity index (χ1n) is 5.23. The number of rotatable bonds is 5. The third-order valence-corrected chi connectivity index (χ3v) is 2.47. The van der Waals surface area contributed by atoms with Crippen molar-refractivity contribution < 1.29 is 9.53 Å². The van der Waals surface area contributed by atoms with Gasteiger partial charge in [0.05, 0.1) is 17.6 Å². The Morgan fingerprint density at radius 1 is 1.60 bits per heavy atom. The van der Waals surface area contributed by atoms with Crippen LogP contribution in [0.2, 0.25) is 0 Å². The molecule has 0 aromatic carbocycles. The highest BCUT2D eigenvalue weighted by Crippen LogP contribution is 2.32. The maximum absolute atomic E-state index is 11.3. The lowest BCUT2D eigenvalue weighted by Gasteiger charge is -2.17. The molecule has 1 fully saturated rings. The molecule has 4 nitrogen and oxygen atoms in total. The van der Waals surface area contributed by atoms with Crippen molar-refractivity contribution in [3.8, 4) is 0 Å². The van der Waals surface area contributed by atoms with Gasteiger partial charge in [-0.2, -0.15) is 0 Å². The van der Waals surface area contributed by atoms with E-state index in [1.165, 1.54) is 0 Å². The number of alkyl carbamates (subject to hydrolysis) is 1. The first-order chi connectivity index (χ1) is 7.00. The Labute approximate surface area is 95.5 Å². The first-order valence-corrected chi connectivity index (χ1v) is 5.64. The van der Waals surface area contributed by atoms with Gasteiger partial charge in [-0.15, -0.1) is 0 Å². The minimum absolute atomic E-state index is 0.195. The number of carbonyl (C=O) groups is 1. The van der Waals surface area contributed by atoms with Crippen molar-refractivity contribution >= 4 is 23.3 Å². The van der Waals surface area contributed by atoms with Crippen molar-refractivity contribution in [1.82, 2.24) is 5.32 Å². The second-order valence-electron chi connectivity index (χ2n) is 4.35. The number of hydrogen-bond donors (Lipinski definition) is 2. The number of nitrogens with one attached hydrogen (secondary N) is 1. The minimum Gasteiger partial charge on any atom is -0.449 e. The fourth-order valence-electron chi connectivity index (χ4n) is 1.26. The van der Waals surface area contributed by atoms with E-state index in [2.05, 4.69) is 5.32 Å². The van der Waals surface area contributed by atoms with Crippen molar-refractivity contribution in [2.24, 2.45) is 17.6 Å². The summed E-state index contributed by atoms with van der Waals surface area (Å²) in [7, 11) is 0. The van der Waals surface area contributed by atoms with Gasteiger partial charge in [0, 0.05) is 0 Å². The van der Waals surface area contributed by atoms with Crippen molar-refractivity contribution in [2.75, 3.05) is 6.61 Å². The fourth-order valence-corrected chi connectivity index (χ4v) is 1.51. The molecule has 1 amide bonds. The summed E-state index contributed by atoms with van der Waals surface area (Å²) in [6, 6.07) is -0.195. The van der Waals surface area contributed by atoms with E-state index >= 15 is 0 Å². The van der Waals surface area contributed by atoms with Gasteiger partial charge in [-0.3, -0.25) is 0 Å². The standard InChI is InChI=1S/C10H18N2O2S/c1-6(2)5-14-10(13)12-8(9(11)15)7-3-4-7/h6-8H,3-5H2,1-2H3,(H2,11,15)(H,12,13). The number of ether oxygens (including phenoxy) is 1. The van der Waals surface area contributed by atoms with Crippen LogP contribution in [0.25, 0.3) is 0 Å². The van der Waals surface area contributed by atoms with E-state index in [4.69, 9.17) is 22.7 Å². The summed E-state index contributed by atoms with van der Waals surface area (Å²) in [6.07, 6.45) is 1.73. The molecule has 86 valence electrons. The Kier molecular flexibility index (Phi) is 4.32. The number of nitrogens with two attached hydrogens (primary N) is 1. The third-order valence-electron chi connectivity index (χ3n) is 2.22. The van der Waals surface area contributed by atoms with Crippen molar-refractivity contribution in [3.05, 3.63) is 0 Å². The lowest BCUT2D eigenvalue weighted by Crippen LogP contribution is -2.45. The van der Waals surface area contributed by atoms with Crippen LogP contribution in [0.1, 0.15) is 26.7 Å². The molecule has 1 atom stereocenters. The van der Waals surface area contributed by atoms with Gasteiger partial charge < -0.3 is 15.8 Å². The van der Waals surface area contributed by atoms with Crippen molar-refractivity contribution in [1.29, 1.82) is 0 Å². The highest BCUT2D eigenvalue weighted by atomic mass is 32.1. The average Bonchev–Trinajstić information content (AvgIpc) is 2.93. The molecule has 0 aliphatic heterocycles. The number of amides is 1. The Balaban J connectivity index is 2.31. The average molecular weight is 230 g/mol. The van der Waals surface area contributed by atoms with E-state index in [0.29, 0.717) is 23.4 Å². The number of carbonyl (C=O) groups excluding carboxylic acids is 1. The van der Waals surface area contributed by atoms with Gasteiger partial charge in [-0.05, 0) is 24.7 Å². The number of thiocarbonyl (C=S) groups is 1. The molecule has 1 aliphatic rings. The highest BCUT2D eigenvalue weighted by Gasteiger charge is 2.34. The van der Waals surface area contributed by atoms with Gasteiger partial charge in [0.1, 0.15) is 0 Å². The molecule has 3 N–H and O–H groups in total. The molecule has 0 heterocycles. The van der Waals surface area contributed by atoms with E-state index in [1.54, 1.807) is 0 Å². The quantitative estimate of drug-likeness (QED) is 0.701. The van der Waals surface area contributed by atoms with Crippen LogP contribution in [-0.4, -0.2) is 23.7 Å². The van der Waals surface area contributed by atoms with E-state index in [-0.39, 0.29) is 6.04 Å². The topological polar surface area (TPSA) is 64.3 Å². The smallest absolute Gasteiger partial charge is 0.407 e. The lowest BCUT2D eigenvalue weighted by molar-refractivity contribution is 0.131. The summed E-state index contributed by atoms with van der Waals surface area (Å²) in [5, 5.41) is 2.71. The summed E-state index contributed by atoms with van der Waals surface area (Å²) in [6.45, 7) is 4.39. The van der Waals surface area contributed by atoms with Gasteiger partial charge >= 0.3 is 6.09 Å². The molecule has 15 heavy (non-hydrogen) atoms. The summed E-state index contributed by atoms with van der Waals surface area (Å²) in [4.78, 5) is 11.7. The predicted octanol–water partition coefficient (Wildman–Crippen LogP) is 1.43. The second-order valence-corrected chi connectivity index (χ2v) is 4.83. The SMILES string of the molecule is CC(C)COC(=O)NC(C(N)=S)C1CC1. The first kappa shape index (κ1) is 12.2. The normalized spacial score (nSPS) is 17.3. The van der Waals surface area contributed by atoms with Crippen LogP contribution in [0.5, 0.6) is 0 Å². The molecule has 1 aliphatic carbocycles. The van der Waals surface area contributed by atoms with Gasteiger partial charge in [-0.25, -0.2) is 4.79 Å². The van der Waals surface area contributed by atoms with Crippen LogP contribution in [-0.2, 0) is 4.74 Å². The number of hydrogen-bond acceptors (Lipinski definition) is 3. The maximum Gasteiger partial charge on any atom is 0.407 e. The van der Waals surface area contributed by atoms with E-state index < -0.39 is 6.09 Å². The molecule has 0 radical (unpaired) electrons. The minimum atomic E-state index is -0.423. The molecule has 0 bridgehead atoms. The molecule has 0 spiro atoms. The third kappa shape index (κ3) is 4.46. The molecule has 1 rings (SSSR count).